The Kier molecular flexibility index (Phi) is 1.52. The van der Waals surface area contributed by atoms with E-state index in [0.717, 1.165) is 0 Å². The monoisotopic (exact) mass is 121 g/mol. The van der Waals surface area contributed by atoms with Crippen LogP contribution in [0.3, 0.4) is 0 Å². The molecule has 0 saturated heterocycles. The molecule has 1 radical (unpaired) electrons. The molecule has 0 heterocycles. The fraction of sp³-hybridized carbons (Fsp3) is 0. The number of hydrogen-bond donors (Lipinski definition) is 0. The first-order chi connectivity index (χ1) is 1.73. The Morgan fingerprint density at radius 2 is 2.00 bits per heavy atom. The highest BCUT2D eigenvalue weighted by atomic mass is 79.9. The zero-order chi connectivity index (χ0) is 3.58. The van der Waals surface area contributed by atoms with Gasteiger partial charge in [-0.05, 0) is 15.9 Å². The SMILES string of the molecule is [CH2]C(=O)Br. The molecule has 0 fully saturated rings. The molecule has 0 aliphatic rings. The van der Waals surface area contributed by atoms with Crippen LogP contribution in [0.25, 0.3) is 0 Å². The van der Waals surface area contributed by atoms with Crippen LogP contribution in [0.2, 0.25) is 0 Å². The van der Waals surface area contributed by atoms with Gasteiger partial charge in [0.1, 0.15) is 0 Å². The quantitative estimate of drug-likeness (QED) is 0.433. The molecule has 0 aliphatic carbocycles. The van der Waals surface area contributed by atoms with Crippen molar-refractivity contribution in [1.29, 1.82) is 0 Å². The third-order valence-corrected chi connectivity index (χ3v) is 0. The van der Waals surface area contributed by atoms with E-state index in [9.17, 15) is 4.79 Å². The number of halogens is 1. The van der Waals surface area contributed by atoms with E-state index in [1.807, 2.05) is 0 Å². The Labute approximate surface area is 33.1 Å². The first kappa shape index (κ1) is 4.15. The van der Waals surface area contributed by atoms with Gasteiger partial charge in [-0.1, -0.05) is 0 Å². The average molecular weight is 122 g/mol. The van der Waals surface area contributed by atoms with Gasteiger partial charge in [0.2, 0.25) is 0 Å². The molecular formula is C2H2BrO. The highest BCUT2D eigenvalue weighted by Crippen LogP contribution is 1.73. The van der Waals surface area contributed by atoms with Gasteiger partial charge >= 0.3 is 0 Å². The van der Waals surface area contributed by atoms with Gasteiger partial charge in [-0.2, -0.15) is 0 Å². The smallest absolute Gasteiger partial charge is 0.198 e. The Balaban J connectivity index is 2.80. The van der Waals surface area contributed by atoms with Gasteiger partial charge in [-0.25, -0.2) is 0 Å². The summed E-state index contributed by atoms with van der Waals surface area (Å²) >= 11 is 2.52. The molecule has 1 nitrogen and oxygen atoms in total. The van der Waals surface area contributed by atoms with E-state index in [2.05, 4.69) is 22.9 Å². The molecule has 0 N–H and O–H groups in total. The lowest BCUT2D eigenvalue weighted by atomic mass is 11.0. The molecule has 0 aromatic rings. The Morgan fingerprint density at radius 1 is 2.00 bits per heavy atom. The minimum absolute atomic E-state index is 0.271. The summed E-state index contributed by atoms with van der Waals surface area (Å²) in [7, 11) is 0. The lowest BCUT2D eigenvalue weighted by Gasteiger charge is -1.52. The molecule has 4 heavy (non-hydrogen) atoms. The predicted molar refractivity (Wildman–Crippen MR) is 19.3 cm³/mol. The van der Waals surface area contributed by atoms with Crippen molar-refractivity contribution in [2.24, 2.45) is 0 Å². The van der Waals surface area contributed by atoms with E-state index >= 15 is 0 Å². The molecule has 2 heteroatoms. The summed E-state index contributed by atoms with van der Waals surface area (Å²) in [6.45, 7) is 2.92. The summed E-state index contributed by atoms with van der Waals surface area (Å²) in [5.41, 5.74) is 0. The van der Waals surface area contributed by atoms with Gasteiger partial charge in [0.05, 0.1) is 0 Å². The van der Waals surface area contributed by atoms with E-state index in [-0.39, 0.29) is 4.69 Å². The minimum Gasteiger partial charge on any atom is -0.287 e. The molecule has 0 spiro atoms. The molecule has 0 aromatic carbocycles. The van der Waals surface area contributed by atoms with Crippen LogP contribution in [0.5, 0.6) is 0 Å². The van der Waals surface area contributed by atoms with Gasteiger partial charge in [0, 0.05) is 6.92 Å². The second-order valence-corrected chi connectivity index (χ2v) is 1.24. The van der Waals surface area contributed by atoms with Crippen molar-refractivity contribution >= 4 is 20.6 Å². The third kappa shape index (κ3) is 126. The van der Waals surface area contributed by atoms with Gasteiger partial charge in [-0.15, -0.1) is 0 Å². The summed E-state index contributed by atoms with van der Waals surface area (Å²) in [4.78, 5) is 9.25. The fourth-order valence-corrected chi connectivity index (χ4v) is 0. The van der Waals surface area contributed by atoms with Crippen molar-refractivity contribution in [2.75, 3.05) is 0 Å². The lowest BCUT2D eigenvalue weighted by Crippen LogP contribution is -1.61. The topological polar surface area (TPSA) is 17.1 Å². The van der Waals surface area contributed by atoms with Crippen molar-refractivity contribution in [3.63, 3.8) is 0 Å². The molecule has 0 atom stereocenters. The van der Waals surface area contributed by atoms with Crippen molar-refractivity contribution < 1.29 is 4.79 Å². The first-order valence-corrected chi connectivity index (χ1v) is 1.54. The van der Waals surface area contributed by atoms with Crippen LogP contribution in [0.1, 0.15) is 0 Å². The summed E-state index contributed by atoms with van der Waals surface area (Å²) in [5.74, 6) is 0. The zero-order valence-corrected chi connectivity index (χ0v) is 3.58. The van der Waals surface area contributed by atoms with E-state index < -0.39 is 0 Å². The fourth-order valence-electron chi connectivity index (χ4n) is 0. The molecule has 0 aromatic heterocycles. The lowest BCUT2D eigenvalue weighted by molar-refractivity contribution is -0.106. The van der Waals surface area contributed by atoms with E-state index in [1.165, 1.54) is 0 Å². The summed E-state index contributed by atoms with van der Waals surface area (Å²) < 4.78 is -0.271. The normalized spacial score (nSPS) is 6.50. The maximum absolute atomic E-state index is 9.25. The number of rotatable bonds is 0. The van der Waals surface area contributed by atoms with Crippen LogP contribution in [0, 0.1) is 6.92 Å². The highest BCUT2D eigenvalue weighted by Gasteiger charge is 1.66. The zero-order valence-electron chi connectivity index (χ0n) is 1.99. The molecule has 0 aliphatic heterocycles. The van der Waals surface area contributed by atoms with Crippen molar-refractivity contribution in [2.45, 2.75) is 0 Å². The van der Waals surface area contributed by atoms with Crippen LogP contribution < -0.4 is 0 Å². The third-order valence-electron chi connectivity index (χ3n) is 0. The summed E-state index contributed by atoms with van der Waals surface area (Å²) in [6.07, 6.45) is 0. The standard InChI is InChI=1S/C2H2BrO/c1-2(3)4/h1H2. The van der Waals surface area contributed by atoms with Crippen LogP contribution in [0.15, 0.2) is 0 Å². The minimum atomic E-state index is -0.271. The highest BCUT2D eigenvalue weighted by molar-refractivity contribution is 9.18. The molecule has 0 saturated carbocycles. The van der Waals surface area contributed by atoms with Crippen molar-refractivity contribution in [3.05, 3.63) is 6.92 Å². The number of carbonyl (C=O) groups is 1. The maximum Gasteiger partial charge on any atom is 0.198 e. The van der Waals surface area contributed by atoms with E-state index in [4.69, 9.17) is 0 Å². The van der Waals surface area contributed by atoms with Crippen LogP contribution in [-0.4, -0.2) is 4.69 Å². The predicted octanol–water partition coefficient (Wildman–Crippen LogP) is 0.742. The van der Waals surface area contributed by atoms with Gasteiger partial charge in [-0.3, -0.25) is 4.79 Å². The average Bonchev–Trinajstić information content (AvgIpc) is 0.811. The molecule has 0 rings (SSSR count). The van der Waals surface area contributed by atoms with Crippen molar-refractivity contribution in [3.8, 4) is 0 Å². The first-order valence-electron chi connectivity index (χ1n) is 0.747. The molecule has 0 unspecified atom stereocenters. The Morgan fingerprint density at radius 3 is 2.00 bits per heavy atom. The molecule has 23 valence electrons. The Hall–Kier alpha value is 0.150. The van der Waals surface area contributed by atoms with Crippen LogP contribution in [0.4, 0.5) is 0 Å². The van der Waals surface area contributed by atoms with Gasteiger partial charge < -0.3 is 0 Å². The van der Waals surface area contributed by atoms with E-state index in [0.29, 0.717) is 0 Å². The van der Waals surface area contributed by atoms with Gasteiger partial charge in [0.15, 0.2) is 4.69 Å². The van der Waals surface area contributed by atoms with Crippen LogP contribution >= 0.6 is 15.9 Å². The molecule has 0 amide bonds. The largest absolute Gasteiger partial charge is 0.287 e. The summed E-state index contributed by atoms with van der Waals surface area (Å²) in [6, 6.07) is 0. The van der Waals surface area contributed by atoms with Gasteiger partial charge in [0.25, 0.3) is 0 Å². The van der Waals surface area contributed by atoms with Crippen molar-refractivity contribution in [1.82, 2.24) is 0 Å². The van der Waals surface area contributed by atoms with Crippen LogP contribution in [-0.2, 0) is 4.79 Å². The molecule has 0 bridgehead atoms. The Bertz CT molecular complexity index is 29.0. The van der Waals surface area contributed by atoms with E-state index in [1.54, 1.807) is 0 Å². The summed E-state index contributed by atoms with van der Waals surface area (Å²) in [5, 5.41) is 0. The second kappa shape index (κ2) is 1.47. The number of hydrogen-bond acceptors (Lipinski definition) is 1. The molecular weight excluding hydrogens is 120 g/mol. The second-order valence-electron chi connectivity index (χ2n) is 0.355. The number of carbonyl (C=O) groups excluding carboxylic acids is 1. The maximum atomic E-state index is 9.25.